The molecule has 0 unspecified atom stereocenters. The molecule has 8 nitrogen and oxygen atoms in total. The van der Waals surface area contributed by atoms with Crippen LogP contribution in [0.5, 0.6) is 0 Å². The van der Waals surface area contributed by atoms with Crippen molar-refractivity contribution in [2.45, 2.75) is 11.8 Å². The summed E-state index contributed by atoms with van der Waals surface area (Å²) >= 11 is 18.0. The van der Waals surface area contributed by atoms with E-state index in [2.05, 4.69) is 15.2 Å². The number of nitrogens with zero attached hydrogens (tertiary/aromatic N) is 3. The van der Waals surface area contributed by atoms with Gasteiger partial charge in [-0.05, 0) is 31.2 Å². The van der Waals surface area contributed by atoms with Crippen molar-refractivity contribution in [1.82, 2.24) is 15.2 Å². The van der Waals surface area contributed by atoms with Gasteiger partial charge in [0, 0.05) is 5.56 Å². The number of benzene rings is 2. The van der Waals surface area contributed by atoms with E-state index in [4.69, 9.17) is 50.8 Å². The number of halogens is 3. The van der Waals surface area contributed by atoms with Crippen molar-refractivity contribution in [1.29, 1.82) is 0 Å². The van der Waals surface area contributed by atoms with Crippen molar-refractivity contribution < 1.29 is 13.0 Å². The molecule has 0 amide bonds. The van der Waals surface area contributed by atoms with Gasteiger partial charge in [0.25, 0.3) is 10.1 Å². The maximum atomic E-state index is 10.5. The highest BCUT2D eigenvalue weighted by atomic mass is 35.5. The highest BCUT2D eigenvalue weighted by molar-refractivity contribution is 7.85. The molecule has 3 rings (SSSR count). The molecule has 28 heavy (non-hydrogen) atoms. The van der Waals surface area contributed by atoms with Gasteiger partial charge in [0.1, 0.15) is 5.69 Å². The fourth-order valence-corrected chi connectivity index (χ4v) is 3.17. The number of hydrogen-bond donors (Lipinski definition) is 3. The molecule has 12 heteroatoms. The predicted molar refractivity (Wildman–Crippen MR) is 110 cm³/mol. The molecule has 0 aliphatic heterocycles. The number of nitrogens with two attached hydrogens (primary N) is 2. The smallest absolute Gasteiger partial charge is 0.294 e. The first-order chi connectivity index (χ1) is 13.0. The lowest BCUT2D eigenvalue weighted by molar-refractivity contribution is 0.483. The van der Waals surface area contributed by atoms with E-state index >= 15 is 0 Å². The van der Waals surface area contributed by atoms with Gasteiger partial charge < -0.3 is 11.5 Å². The van der Waals surface area contributed by atoms with E-state index in [1.165, 1.54) is 12.1 Å². The number of nitrogen functional groups attached to an aromatic ring is 2. The molecule has 0 radical (unpaired) electrons. The second-order valence-electron chi connectivity index (χ2n) is 5.41. The monoisotopic (exact) mass is 461 g/mol. The average molecular weight is 463 g/mol. The molecular weight excluding hydrogens is 449 g/mol. The van der Waals surface area contributed by atoms with Crippen LogP contribution in [0.25, 0.3) is 11.3 Å². The van der Waals surface area contributed by atoms with E-state index in [-0.39, 0.29) is 27.4 Å². The molecule has 2 aromatic carbocycles. The molecule has 0 aliphatic rings. The first-order valence-electron chi connectivity index (χ1n) is 7.44. The van der Waals surface area contributed by atoms with E-state index in [1.54, 1.807) is 24.3 Å². The molecule has 0 atom stereocenters. The van der Waals surface area contributed by atoms with Gasteiger partial charge in [-0.25, -0.2) is 0 Å². The summed E-state index contributed by atoms with van der Waals surface area (Å²) in [5.41, 5.74) is 12.6. The van der Waals surface area contributed by atoms with Gasteiger partial charge in [-0.2, -0.15) is 13.4 Å². The second kappa shape index (κ2) is 8.89. The molecule has 0 saturated heterocycles. The number of rotatable bonds is 2. The Hall–Kier alpha value is -2.17. The highest BCUT2D eigenvalue weighted by Gasteiger charge is 2.17. The average Bonchev–Trinajstić information content (AvgIpc) is 2.60. The molecule has 0 bridgehead atoms. The third kappa shape index (κ3) is 5.43. The summed E-state index contributed by atoms with van der Waals surface area (Å²) in [6.07, 6.45) is 0. The molecule has 148 valence electrons. The van der Waals surface area contributed by atoms with Crippen LogP contribution in [0, 0.1) is 6.92 Å². The third-order valence-electron chi connectivity index (χ3n) is 3.33. The molecule has 0 saturated carbocycles. The van der Waals surface area contributed by atoms with Gasteiger partial charge in [-0.1, -0.05) is 52.5 Å². The standard InChI is InChI=1S/C9H6Cl3N5.C7H8O3S/c10-3-1-2-4(11)6(12)5(3)7-8(13)15-9(14)17-16-7;1-6-2-4-7(5-3-6)11(8,9)10/h1-2H,(H4,13,14,15,17);2-5H,1H3,(H,8,9,10). The van der Waals surface area contributed by atoms with Crippen molar-refractivity contribution in [2.24, 2.45) is 0 Å². The van der Waals surface area contributed by atoms with Gasteiger partial charge >= 0.3 is 0 Å². The van der Waals surface area contributed by atoms with Crippen molar-refractivity contribution in [3.05, 3.63) is 57.0 Å². The minimum Gasteiger partial charge on any atom is -0.382 e. The topological polar surface area (TPSA) is 145 Å². The van der Waals surface area contributed by atoms with Crippen LogP contribution < -0.4 is 11.5 Å². The summed E-state index contributed by atoms with van der Waals surface area (Å²) in [6.45, 7) is 1.84. The van der Waals surface area contributed by atoms with Crippen molar-refractivity contribution in [3.63, 3.8) is 0 Å². The zero-order chi connectivity index (χ0) is 21.1. The Balaban J connectivity index is 0.000000221. The fraction of sp³-hybridized carbons (Fsp3) is 0.0625. The largest absolute Gasteiger partial charge is 0.382 e. The van der Waals surface area contributed by atoms with Crippen molar-refractivity contribution in [2.75, 3.05) is 11.5 Å². The minimum absolute atomic E-state index is 0.0273. The van der Waals surface area contributed by atoms with Crippen LogP contribution in [0.4, 0.5) is 11.8 Å². The first kappa shape index (κ1) is 22.1. The Bertz CT molecular complexity index is 1110. The van der Waals surface area contributed by atoms with Gasteiger partial charge in [-0.3, -0.25) is 4.55 Å². The van der Waals surface area contributed by atoms with Gasteiger partial charge in [0.05, 0.1) is 20.0 Å². The Labute approximate surface area is 176 Å². The number of anilines is 2. The van der Waals surface area contributed by atoms with Crippen LogP contribution in [-0.4, -0.2) is 28.2 Å². The van der Waals surface area contributed by atoms with E-state index in [0.29, 0.717) is 15.6 Å². The zero-order valence-electron chi connectivity index (χ0n) is 14.3. The maximum Gasteiger partial charge on any atom is 0.294 e. The molecule has 0 spiro atoms. The van der Waals surface area contributed by atoms with Gasteiger partial charge in [0.15, 0.2) is 5.82 Å². The number of aromatic nitrogens is 3. The molecule has 5 N–H and O–H groups in total. The summed E-state index contributed by atoms with van der Waals surface area (Å²) in [5, 5.41) is 8.36. The third-order valence-corrected chi connectivity index (χ3v) is 5.32. The summed E-state index contributed by atoms with van der Waals surface area (Å²) < 4.78 is 29.6. The Morgan fingerprint density at radius 3 is 2.04 bits per heavy atom. The van der Waals surface area contributed by atoms with E-state index < -0.39 is 10.1 Å². The quantitative estimate of drug-likeness (QED) is 0.384. The Kier molecular flexibility index (Phi) is 7.02. The van der Waals surface area contributed by atoms with E-state index in [9.17, 15) is 8.42 Å². The summed E-state index contributed by atoms with van der Waals surface area (Å²) in [6, 6.07) is 9.15. The highest BCUT2D eigenvalue weighted by Crippen LogP contribution is 2.39. The van der Waals surface area contributed by atoms with Crippen LogP contribution in [0.3, 0.4) is 0 Å². The summed E-state index contributed by atoms with van der Waals surface area (Å²) in [7, 11) is -4.02. The molecule has 0 aliphatic carbocycles. The lowest BCUT2D eigenvalue weighted by atomic mass is 10.1. The van der Waals surface area contributed by atoms with E-state index in [0.717, 1.165) is 5.56 Å². The van der Waals surface area contributed by atoms with E-state index in [1.807, 2.05) is 6.92 Å². The van der Waals surface area contributed by atoms with Crippen LogP contribution in [0.2, 0.25) is 15.1 Å². The second-order valence-corrected chi connectivity index (χ2v) is 8.02. The van der Waals surface area contributed by atoms with Crippen LogP contribution in [0.1, 0.15) is 5.56 Å². The Morgan fingerprint density at radius 1 is 0.929 bits per heavy atom. The van der Waals surface area contributed by atoms with Crippen molar-refractivity contribution in [3.8, 4) is 11.3 Å². The van der Waals surface area contributed by atoms with Crippen molar-refractivity contribution >= 4 is 56.7 Å². The van der Waals surface area contributed by atoms with Crippen LogP contribution in [0.15, 0.2) is 41.3 Å². The van der Waals surface area contributed by atoms with Gasteiger partial charge in [0.2, 0.25) is 5.95 Å². The predicted octanol–water partition coefficient (Wildman–Crippen LogP) is 3.90. The first-order valence-corrected chi connectivity index (χ1v) is 10.0. The minimum atomic E-state index is -4.02. The SMILES string of the molecule is Cc1ccc(S(=O)(=O)O)cc1.Nc1nnc(-c2c(Cl)ccc(Cl)c2Cl)c(N)n1. The number of hydrogen-bond acceptors (Lipinski definition) is 7. The zero-order valence-corrected chi connectivity index (χ0v) is 17.4. The molecular formula is C16H14Cl3N5O3S. The molecule has 1 heterocycles. The number of aryl methyl sites for hydroxylation is 1. The van der Waals surface area contributed by atoms with Crippen LogP contribution >= 0.6 is 34.8 Å². The molecule has 0 fully saturated rings. The summed E-state index contributed by atoms with van der Waals surface area (Å²) in [4.78, 5) is 3.72. The summed E-state index contributed by atoms with van der Waals surface area (Å²) in [5.74, 6) is 0.0593. The normalized spacial score (nSPS) is 10.9. The molecule has 1 aromatic heterocycles. The maximum absolute atomic E-state index is 10.5. The Morgan fingerprint density at radius 2 is 1.50 bits per heavy atom. The lowest BCUT2D eigenvalue weighted by Crippen LogP contribution is -2.04. The fourth-order valence-electron chi connectivity index (χ4n) is 1.98. The lowest BCUT2D eigenvalue weighted by Gasteiger charge is -2.08. The van der Waals surface area contributed by atoms with Gasteiger partial charge in [-0.15, -0.1) is 10.2 Å². The van der Waals surface area contributed by atoms with Crippen LogP contribution in [-0.2, 0) is 10.1 Å². The molecule has 3 aromatic rings.